The van der Waals surface area contributed by atoms with Crippen LogP contribution in [0, 0.1) is 0 Å². The van der Waals surface area contributed by atoms with E-state index in [1.807, 2.05) is 0 Å². The van der Waals surface area contributed by atoms with Crippen LogP contribution in [0.15, 0.2) is 91.0 Å². The quantitative estimate of drug-likeness (QED) is 0.393. The molecule has 144 valence electrons. The van der Waals surface area contributed by atoms with Gasteiger partial charge in [-0.15, -0.1) is 0 Å². The fraction of sp³-hybridized carbons (Fsp3) is 0.192. The van der Waals surface area contributed by atoms with Crippen molar-refractivity contribution < 1.29 is 0 Å². The minimum atomic E-state index is 0.563. The van der Waals surface area contributed by atoms with Crippen molar-refractivity contribution in [3.8, 4) is 0 Å². The lowest BCUT2D eigenvalue weighted by atomic mass is 10.1. The summed E-state index contributed by atoms with van der Waals surface area (Å²) in [6.45, 7) is 3.39. The number of pyridine rings is 1. The largest absolute Gasteiger partial charge is 0.354 e. The minimum Gasteiger partial charge on any atom is -0.354 e. The highest BCUT2D eigenvalue weighted by Gasteiger charge is 2.22. The summed E-state index contributed by atoms with van der Waals surface area (Å²) in [6, 6.07) is 32.5. The molecular weight excluding hydrogens is 354 g/mol. The zero-order valence-corrected chi connectivity index (χ0v) is 16.7. The van der Waals surface area contributed by atoms with Crippen LogP contribution in [0.4, 0.5) is 22.9 Å². The Kier molecular flexibility index (Phi) is 4.65. The number of benzene rings is 3. The molecule has 29 heavy (non-hydrogen) atoms. The number of anilines is 4. The summed E-state index contributed by atoms with van der Waals surface area (Å²) in [4.78, 5) is 9.77. The first kappa shape index (κ1) is 17.7. The van der Waals surface area contributed by atoms with Gasteiger partial charge in [-0.25, -0.2) is 4.98 Å². The molecule has 0 amide bonds. The van der Waals surface area contributed by atoms with E-state index in [1.165, 1.54) is 12.8 Å². The molecular formula is C26H25N3. The van der Waals surface area contributed by atoms with Gasteiger partial charge in [-0.05, 0) is 68.3 Å². The lowest BCUT2D eigenvalue weighted by Gasteiger charge is -2.27. The Morgan fingerprint density at radius 3 is 2.10 bits per heavy atom. The van der Waals surface area contributed by atoms with Crippen LogP contribution < -0.4 is 9.80 Å². The Balaban J connectivity index is 1.65. The van der Waals surface area contributed by atoms with E-state index in [0.29, 0.717) is 6.04 Å². The average Bonchev–Trinajstić information content (AvgIpc) is 3.21. The lowest BCUT2D eigenvalue weighted by Crippen LogP contribution is -2.27. The van der Waals surface area contributed by atoms with Gasteiger partial charge in [0.25, 0.3) is 0 Å². The monoisotopic (exact) mass is 379 g/mol. The van der Waals surface area contributed by atoms with Crippen LogP contribution in [-0.4, -0.2) is 17.6 Å². The fourth-order valence-corrected chi connectivity index (χ4v) is 4.34. The molecule has 0 spiro atoms. The number of rotatable bonds is 4. The smallest absolute Gasteiger partial charge is 0.129 e. The van der Waals surface area contributed by atoms with Gasteiger partial charge in [0.2, 0.25) is 0 Å². The molecule has 3 heteroatoms. The van der Waals surface area contributed by atoms with E-state index < -0.39 is 0 Å². The van der Waals surface area contributed by atoms with Crippen molar-refractivity contribution >= 4 is 33.8 Å². The maximum atomic E-state index is 5.04. The predicted molar refractivity (Wildman–Crippen MR) is 122 cm³/mol. The standard InChI is InChI=1S/C26H25N3/c1-20-10-9-19-28(20)26-18-17-23-24(27-26)15-8-16-25(23)29(21-11-4-2-5-12-21)22-13-6-3-7-14-22/h2-8,11-18,20H,9-10,19H2,1H3. The first-order valence-electron chi connectivity index (χ1n) is 10.4. The molecule has 5 rings (SSSR count). The third-order valence-electron chi connectivity index (χ3n) is 5.81. The van der Waals surface area contributed by atoms with Crippen LogP contribution in [0.2, 0.25) is 0 Å². The predicted octanol–water partition coefficient (Wildman–Crippen LogP) is 6.69. The van der Waals surface area contributed by atoms with E-state index >= 15 is 0 Å². The number of para-hydroxylation sites is 2. The van der Waals surface area contributed by atoms with Gasteiger partial charge in [0, 0.05) is 29.3 Å². The third kappa shape index (κ3) is 3.33. The van der Waals surface area contributed by atoms with Crippen LogP contribution in [0.25, 0.3) is 10.9 Å². The third-order valence-corrected chi connectivity index (χ3v) is 5.81. The average molecular weight is 380 g/mol. The molecule has 0 radical (unpaired) electrons. The van der Waals surface area contributed by atoms with Crippen LogP contribution >= 0.6 is 0 Å². The van der Waals surface area contributed by atoms with Gasteiger partial charge in [-0.1, -0.05) is 42.5 Å². The molecule has 0 bridgehead atoms. The van der Waals surface area contributed by atoms with E-state index in [4.69, 9.17) is 4.98 Å². The molecule has 4 aromatic rings. The number of aromatic nitrogens is 1. The van der Waals surface area contributed by atoms with Crippen molar-refractivity contribution in [1.29, 1.82) is 0 Å². The highest BCUT2D eigenvalue weighted by Crippen LogP contribution is 2.38. The Morgan fingerprint density at radius 2 is 1.48 bits per heavy atom. The molecule has 1 atom stereocenters. The summed E-state index contributed by atoms with van der Waals surface area (Å²) in [5.41, 5.74) is 4.47. The van der Waals surface area contributed by atoms with Crippen molar-refractivity contribution in [2.75, 3.05) is 16.3 Å². The lowest BCUT2D eigenvalue weighted by molar-refractivity contribution is 0.728. The minimum absolute atomic E-state index is 0.563. The van der Waals surface area contributed by atoms with Gasteiger partial charge in [0.1, 0.15) is 5.82 Å². The van der Waals surface area contributed by atoms with Crippen LogP contribution in [-0.2, 0) is 0 Å². The van der Waals surface area contributed by atoms with Crippen LogP contribution in [0.3, 0.4) is 0 Å². The van der Waals surface area contributed by atoms with Gasteiger partial charge in [-0.3, -0.25) is 0 Å². The second kappa shape index (κ2) is 7.59. The second-order valence-electron chi connectivity index (χ2n) is 7.70. The van der Waals surface area contributed by atoms with Crippen LogP contribution in [0.5, 0.6) is 0 Å². The molecule has 3 nitrogen and oxygen atoms in total. The van der Waals surface area contributed by atoms with Crippen molar-refractivity contribution in [3.63, 3.8) is 0 Å². The molecule has 1 aromatic heterocycles. The molecule has 2 heterocycles. The zero-order valence-electron chi connectivity index (χ0n) is 16.7. The molecule has 3 aromatic carbocycles. The van der Waals surface area contributed by atoms with Gasteiger partial charge in [0.05, 0.1) is 11.2 Å². The second-order valence-corrected chi connectivity index (χ2v) is 7.70. The number of hydrogen-bond donors (Lipinski definition) is 0. The van der Waals surface area contributed by atoms with E-state index in [2.05, 4.69) is 108 Å². The Morgan fingerprint density at radius 1 is 0.793 bits per heavy atom. The highest BCUT2D eigenvalue weighted by atomic mass is 15.2. The zero-order chi connectivity index (χ0) is 19.6. The molecule has 0 saturated carbocycles. The Hall–Kier alpha value is -3.33. The van der Waals surface area contributed by atoms with Crippen molar-refractivity contribution in [1.82, 2.24) is 4.98 Å². The highest BCUT2D eigenvalue weighted by molar-refractivity contribution is 5.97. The van der Waals surface area contributed by atoms with Crippen LogP contribution in [0.1, 0.15) is 19.8 Å². The molecule has 1 saturated heterocycles. The van der Waals surface area contributed by atoms with E-state index in [9.17, 15) is 0 Å². The topological polar surface area (TPSA) is 19.4 Å². The molecule has 0 N–H and O–H groups in total. The molecule has 1 aliphatic heterocycles. The van der Waals surface area contributed by atoms with Crippen molar-refractivity contribution in [2.45, 2.75) is 25.8 Å². The normalized spacial score (nSPS) is 16.3. The SMILES string of the molecule is CC1CCCN1c1ccc2c(N(c3ccccc3)c3ccccc3)cccc2n1. The summed E-state index contributed by atoms with van der Waals surface area (Å²) in [5, 5.41) is 1.16. The Labute approximate surface area is 172 Å². The molecule has 1 unspecified atom stereocenters. The number of hydrogen-bond acceptors (Lipinski definition) is 3. The van der Waals surface area contributed by atoms with E-state index in [1.54, 1.807) is 0 Å². The maximum absolute atomic E-state index is 5.04. The van der Waals surface area contributed by atoms with Gasteiger partial charge in [0.15, 0.2) is 0 Å². The molecule has 1 aliphatic rings. The fourth-order valence-electron chi connectivity index (χ4n) is 4.34. The maximum Gasteiger partial charge on any atom is 0.129 e. The first-order valence-corrected chi connectivity index (χ1v) is 10.4. The first-order chi connectivity index (χ1) is 14.3. The van der Waals surface area contributed by atoms with E-state index in [-0.39, 0.29) is 0 Å². The summed E-state index contributed by atoms with van der Waals surface area (Å²) in [7, 11) is 0. The number of nitrogens with zero attached hydrogens (tertiary/aromatic N) is 3. The van der Waals surface area contributed by atoms with Gasteiger partial charge in [-0.2, -0.15) is 0 Å². The van der Waals surface area contributed by atoms with Gasteiger partial charge < -0.3 is 9.80 Å². The van der Waals surface area contributed by atoms with E-state index in [0.717, 1.165) is 40.3 Å². The number of fused-ring (bicyclic) bond motifs is 1. The summed E-state index contributed by atoms with van der Waals surface area (Å²) in [6.07, 6.45) is 2.49. The van der Waals surface area contributed by atoms with Gasteiger partial charge >= 0.3 is 0 Å². The summed E-state index contributed by atoms with van der Waals surface area (Å²) < 4.78 is 0. The summed E-state index contributed by atoms with van der Waals surface area (Å²) >= 11 is 0. The van der Waals surface area contributed by atoms with Crippen molar-refractivity contribution in [2.24, 2.45) is 0 Å². The molecule has 1 fully saturated rings. The molecule has 0 aliphatic carbocycles. The Bertz CT molecular complexity index is 1070. The van der Waals surface area contributed by atoms with Crippen molar-refractivity contribution in [3.05, 3.63) is 91.0 Å². The summed E-state index contributed by atoms with van der Waals surface area (Å²) in [5.74, 6) is 1.09.